The Morgan fingerprint density at radius 2 is 1.82 bits per heavy atom. The summed E-state index contributed by atoms with van der Waals surface area (Å²) in [6.45, 7) is 6.22. The summed E-state index contributed by atoms with van der Waals surface area (Å²) >= 11 is 0. The zero-order valence-electron chi connectivity index (χ0n) is 13.6. The van der Waals surface area contributed by atoms with Crippen LogP contribution >= 0.6 is 0 Å². The SMILES string of the molecule is CC(C)(CCCN)CCCNc1nc(N)c2ccccc2n1. The Morgan fingerprint density at radius 1 is 1.09 bits per heavy atom. The summed E-state index contributed by atoms with van der Waals surface area (Å²) < 4.78 is 0. The zero-order chi connectivity index (χ0) is 16.0. The topological polar surface area (TPSA) is 89.8 Å². The van der Waals surface area contributed by atoms with Crippen LogP contribution in [-0.2, 0) is 0 Å². The van der Waals surface area contributed by atoms with Crippen molar-refractivity contribution in [3.05, 3.63) is 24.3 Å². The Bertz CT molecular complexity index is 609. The zero-order valence-corrected chi connectivity index (χ0v) is 13.6. The van der Waals surface area contributed by atoms with Gasteiger partial charge in [-0.15, -0.1) is 0 Å². The van der Waals surface area contributed by atoms with Crippen LogP contribution in [0.4, 0.5) is 11.8 Å². The third kappa shape index (κ3) is 4.56. The minimum atomic E-state index is 0.338. The van der Waals surface area contributed by atoms with Gasteiger partial charge in [0.2, 0.25) is 5.95 Å². The fourth-order valence-electron chi connectivity index (χ4n) is 2.65. The molecular weight excluding hydrogens is 274 g/mol. The van der Waals surface area contributed by atoms with Gasteiger partial charge in [0.25, 0.3) is 0 Å². The second-order valence-electron chi connectivity index (χ2n) is 6.54. The van der Waals surface area contributed by atoms with Gasteiger partial charge in [0, 0.05) is 11.9 Å². The number of hydrogen-bond acceptors (Lipinski definition) is 5. The first-order valence-electron chi connectivity index (χ1n) is 7.98. The third-order valence-corrected chi connectivity index (χ3v) is 4.00. The second kappa shape index (κ2) is 7.40. The summed E-state index contributed by atoms with van der Waals surface area (Å²) in [6.07, 6.45) is 4.49. The largest absolute Gasteiger partial charge is 0.383 e. The van der Waals surface area contributed by atoms with Crippen LogP contribution in [0.3, 0.4) is 0 Å². The van der Waals surface area contributed by atoms with Crippen LogP contribution in [0.25, 0.3) is 10.9 Å². The van der Waals surface area contributed by atoms with Gasteiger partial charge in [0.1, 0.15) is 5.82 Å². The number of nitrogen functional groups attached to an aromatic ring is 1. The summed E-state index contributed by atoms with van der Waals surface area (Å²) in [5.41, 5.74) is 12.8. The molecule has 0 aliphatic carbocycles. The highest BCUT2D eigenvalue weighted by atomic mass is 15.1. The molecule has 1 heterocycles. The lowest BCUT2D eigenvalue weighted by atomic mass is 9.83. The Morgan fingerprint density at radius 3 is 2.59 bits per heavy atom. The minimum absolute atomic E-state index is 0.338. The highest BCUT2D eigenvalue weighted by Crippen LogP contribution is 2.28. The lowest BCUT2D eigenvalue weighted by Gasteiger charge is -2.24. The molecule has 2 aromatic rings. The average Bonchev–Trinajstić information content (AvgIpc) is 2.50. The highest BCUT2D eigenvalue weighted by Gasteiger charge is 2.16. The number of nitrogens with one attached hydrogen (secondary N) is 1. The smallest absolute Gasteiger partial charge is 0.225 e. The Labute approximate surface area is 132 Å². The first-order chi connectivity index (χ1) is 10.5. The van der Waals surface area contributed by atoms with E-state index in [4.69, 9.17) is 11.5 Å². The number of nitrogens with two attached hydrogens (primary N) is 2. The van der Waals surface area contributed by atoms with Crippen LogP contribution in [0.1, 0.15) is 39.5 Å². The quantitative estimate of drug-likeness (QED) is 0.652. The molecule has 5 N–H and O–H groups in total. The van der Waals surface area contributed by atoms with Crippen molar-refractivity contribution in [2.45, 2.75) is 39.5 Å². The lowest BCUT2D eigenvalue weighted by Crippen LogP contribution is -2.16. The van der Waals surface area contributed by atoms with Crippen molar-refractivity contribution in [2.75, 3.05) is 24.1 Å². The molecule has 0 unspecified atom stereocenters. The molecule has 0 spiro atoms. The molecule has 5 heteroatoms. The number of para-hydroxylation sites is 1. The first-order valence-corrected chi connectivity index (χ1v) is 7.98. The normalized spacial score (nSPS) is 11.8. The van der Waals surface area contributed by atoms with Crippen molar-refractivity contribution in [2.24, 2.45) is 11.1 Å². The average molecular weight is 301 g/mol. The van der Waals surface area contributed by atoms with E-state index in [1.165, 1.54) is 6.42 Å². The van der Waals surface area contributed by atoms with Crippen LogP contribution in [0, 0.1) is 5.41 Å². The molecular formula is C17H27N5. The molecule has 0 aliphatic heterocycles. The third-order valence-electron chi connectivity index (χ3n) is 4.00. The molecule has 0 saturated heterocycles. The van der Waals surface area contributed by atoms with Gasteiger partial charge in [-0.3, -0.25) is 0 Å². The maximum atomic E-state index is 5.98. The summed E-state index contributed by atoms with van der Waals surface area (Å²) in [5, 5.41) is 4.18. The number of nitrogens with zero attached hydrogens (tertiary/aromatic N) is 2. The van der Waals surface area contributed by atoms with Crippen molar-refractivity contribution in [1.82, 2.24) is 9.97 Å². The number of aromatic nitrogens is 2. The molecule has 2 rings (SSSR count). The maximum absolute atomic E-state index is 5.98. The minimum Gasteiger partial charge on any atom is -0.383 e. The van der Waals surface area contributed by atoms with Crippen molar-refractivity contribution in [3.8, 4) is 0 Å². The monoisotopic (exact) mass is 301 g/mol. The van der Waals surface area contributed by atoms with Crippen LogP contribution < -0.4 is 16.8 Å². The van der Waals surface area contributed by atoms with Crippen molar-refractivity contribution < 1.29 is 0 Å². The van der Waals surface area contributed by atoms with Gasteiger partial charge in [0.05, 0.1) is 5.52 Å². The standard InChI is InChI=1S/C17H27N5/c1-17(2,9-5-11-18)10-6-12-20-16-21-14-8-4-3-7-13(14)15(19)22-16/h3-4,7-8H,5-6,9-12,18H2,1-2H3,(H3,19,20,21,22). The number of benzene rings is 1. The predicted octanol–water partition coefficient (Wildman–Crippen LogP) is 3.17. The predicted molar refractivity (Wildman–Crippen MR) is 93.7 cm³/mol. The Hall–Kier alpha value is -1.88. The van der Waals surface area contributed by atoms with E-state index in [1.54, 1.807) is 0 Å². The van der Waals surface area contributed by atoms with E-state index in [0.29, 0.717) is 17.2 Å². The summed E-state index contributed by atoms with van der Waals surface area (Å²) in [5.74, 6) is 1.13. The first kappa shape index (κ1) is 16.5. The Balaban J connectivity index is 1.87. The van der Waals surface area contributed by atoms with E-state index in [9.17, 15) is 0 Å². The maximum Gasteiger partial charge on any atom is 0.225 e. The summed E-state index contributed by atoms with van der Waals surface area (Å²) in [7, 11) is 0. The molecule has 0 fully saturated rings. The van der Waals surface area contributed by atoms with E-state index >= 15 is 0 Å². The van der Waals surface area contributed by atoms with Crippen molar-refractivity contribution in [3.63, 3.8) is 0 Å². The van der Waals surface area contributed by atoms with Gasteiger partial charge in [-0.25, -0.2) is 4.98 Å². The van der Waals surface area contributed by atoms with E-state index in [0.717, 1.165) is 43.3 Å². The molecule has 120 valence electrons. The molecule has 0 atom stereocenters. The highest BCUT2D eigenvalue weighted by molar-refractivity contribution is 5.88. The van der Waals surface area contributed by atoms with E-state index in [1.807, 2.05) is 24.3 Å². The molecule has 5 nitrogen and oxygen atoms in total. The molecule has 1 aromatic heterocycles. The Kier molecular flexibility index (Phi) is 5.55. The number of anilines is 2. The molecule has 0 aliphatic rings. The van der Waals surface area contributed by atoms with E-state index in [-0.39, 0.29) is 0 Å². The van der Waals surface area contributed by atoms with Crippen LogP contribution in [0.5, 0.6) is 0 Å². The van der Waals surface area contributed by atoms with Gasteiger partial charge in [-0.2, -0.15) is 4.98 Å². The van der Waals surface area contributed by atoms with Gasteiger partial charge in [-0.05, 0) is 49.8 Å². The van der Waals surface area contributed by atoms with Crippen LogP contribution in [0.15, 0.2) is 24.3 Å². The van der Waals surface area contributed by atoms with Crippen LogP contribution in [0.2, 0.25) is 0 Å². The van der Waals surface area contributed by atoms with Gasteiger partial charge >= 0.3 is 0 Å². The van der Waals surface area contributed by atoms with Gasteiger partial charge < -0.3 is 16.8 Å². The second-order valence-corrected chi connectivity index (χ2v) is 6.54. The van der Waals surface area contributed by atoms with Crippen molar-refractivity contribution >= 4 is 22.7 Å². The molecule has 1 aromatic carbocycles. The van der Waals surface area contributed by atoms with Gasteiger partial charge in [0.15, 0.2) is 0 Å². The summed E-state index contributed by atoms with van der Waals surface area (Å²) in [4.78, 5) is 8.82. The number of hydrogen-bond donors (Lipinski definition) is 3. The molecule has 0 bridgehead atoms. The molecule has 0 amide bonds. The fourth-order valence-corrected chi connectivity index (χ4v) is 2.65. The van der Waals surface area contributed by atoms with E-state index < -0.39 is 0 Å². The number of rotatable bonds is 8. The lowest BCUT2D eigenvalue weighted by molar-refractivity contribution is 0.296. The summed E-state index contributed by atoms with van der Waals surface area (Å²) in [6, 6.07) is 7.79. The van der Waals surface area contributed by atoms with E-state index in [2.05, 4.69) is 29.1 Å². The molecule has 0 radical (unpaired) electrons. The molecule has 22 heavy (non-hydrogen) atoms. The fraction of sp³-hybridized carbons (Fsp3) is 0.529. The number of fused-ring (bicyclic) bond motifs is 1. The van der Waals surface area contributed by atoms with Crippen LogP contribution in [-0.4, -0.2) is 23.1 Å². The van der Waals surface area contributed by atoms with Gasteiger partial charge in [-0.1, -0.05) is 26.0 Å². The molecule has 0 saturated carbocycles. The van der Waals surface area contributed by atoms with Crippen molar-refractivity contribution in [1.29, 1.82) is 0 Å².